The second kappa shape index (κ2) is 10.0. The quantitative estimate of drug-likeness (QED) is 0.747. The molecule has 1 aromatic rings. The predicted octanol–water partition coefficient (Wildman–Crippen LogP) is 4.49. The molecule has 1 aliphatic heterocycles. The van der Waals surface area contributed by atoms with Crippen LogP contribution < -0.4 is 15.4 Å². The van der Waals surface area contributed by atoms with Crippen LogP contribution in [-0.2, 0) is 11.0 Å². The van der Waals surface area contributed by atoms with Crippen LogP contribution in [0.3, 0.4) is 0 Å². The number of nitrogens with one attached hydrogen (secondary N) is 2. The highest BCUT2D eigenvalue weighted by Crippen LogP contribution is 2.35. The monoisotopic (exact) mass is 394 g/mol. The van der Waals surface area contributed by atoms with Gasteiger partial charge in [-0.25, -0.2) is 0 Å². The molecule has 0 radical (unpaired) electrons. The Kier molecular flexibility index (Phi) is 8.70. The van der Waals surface area contributed by atoms with E-state index >= 15 is 0 Å². The average Bonchev–Trinajstić information content (AvgIpc) is 2.56. The molecule has 2 N–H and O–H groups in total. The molecule has 148 valence electrons. The lowest BCUT2D eigenvalue weighted by atomic mass is 9.85. The maximum atomic E-state index is 12.9. The minimum Gasteiger partial charge on any atom is -0.492 e. The van der Waals surface area contributed by atoms with Gasteiger partial charge in [0.1, 0.15) is 5.75 Å². The first kappa shape index (κ1) is 22.6. The Hall–Kier alpha value is -1.47. The number of hydrogen-bond donors (Lipinski definition) is 2. The largest absolute Gasteiger partial charge is 0.492 e. The normalized spacial score (nSPS) is 18.6. The van der Waals surface area contributed by atoms with Gasteiger partial charge in [0.25, 0.3) is 0 Å². The number of alkyl halides is 3. The van der Waals surface area contributed by atoms with E-state index in [1.165, 1.54) is 6.07 Å². The van der Waals surface area contributed by atoms with E-state index in [4.69, 9.17) is 4.74 Å². The summed E-state index contributed by atoms with van der Waals surface area (Å²) in [6.07, 6.45) is -2.05. The average molecular weight is 395 g/mol. The van der Waals surface area contributed by atoms with Gasteiger partial charge in [0.05, 0.1) is 17.9 Å². The van der Waals surface area contributed by atoms with E-state index in [0.717, 1.165) is 38.1 Å². The molecule has 1 fully saturated rings. The molecule has 1 heterocycles. The van der Waals surface area contributed by atoms with E-state index in [2.05, 4.69) is 10.6 Å². The van der Waals surface area contributed by atoms with Crippen molar-refractivity contribution in [3.05, 3.63) is 23.8 Å². The fourth-order valence-corrected chi connectivity index (χ4v) is 3.11. The van der Waals surface area contributed by atoms with Crippen LogP contribution in [0.4, 0.5) is 18.9 Å². The maximum absolute atomic E-state index is 12.9. The Bertz CT molecular complexity index is 590. The van der Waals surface area contributed by atoms with Gasteiger partial charge in [-0.15, -0.1) is 12.4 Å². The fraction of sp³-hybridized carbons (Fsp3) is 0.611. The molecular formula is C18H26ClF3N2O2. The molecule has 0 aliphatic carbocycles. The van der Waals surface area contributed by atoms with E-state index in [0.29, 0.717) is 12.5 Å². The third-order valence-electron chi connectivity index (χ3n) is 4.53. The SMILES string of the molecule is CCOc1ccc(C(F)(F)F)cc1NC(=O)CC(C)C1CCCNC1.Cl. The molecule has 2 rings (SSSR count). The number of amides is 1. The minimum atomic E-state index is -4.47. The number of carbonyl (C=O) groups excluding carboxylic acids is 1. The predicted molar refractivity (Wildman–Crippen MR) is 97.9 cm³/mol. The molecule has 1 aliphatic rings. The van der Waals surface area contributed by atoms with Gasteiger partial charge >= 0.3 is 6.18 Å². The number of anilines is 1. The summed E-state index contributed by atoms with van der Waals surface area (Å²) in [6, 6.07) is 3.13. The van der Waals surface area contributed by atoms with Gasteiger partial charge in [-0.2, -0.15) is 13.2 Å². The third-order valence-corrected chi connectivity index (χ3v) is 4.53. The van der Waals surface area contributed by atoms with Crippen molar-refractivity contribution in [2.45, 2.75) is 39.3 Å². The van der Waals surface area contributed by atoms with Gasteiger partial charge in [0, 0.05) is 6.42 Å². The van der Waals surface area contributed by atoms with Crippen molar-refractivity contribution in [1.82, 2.24) is 5.32 Å². The number of carbonyl (C=O) groups is 1. The Morgan fingerprint density at radius 1 is 1.42 bits per heavy atom. The fourth-order valence-electron chi connectivity index (χ4n) is 3.11. The van der Waals surface area contributed by atoms with E-state index in [1.807, 2.05) is 6.92 Å². The Morgan fingerprint density at radius 3 is 2.73 bits per heavy atom. The molecular weight excluding hydrogens is 369 g/mol. The van der Waals surface area contributed by atoms with Gasteiger partial charge in [-0.3, -0.25) is 4.79 Å². The molecule has 0 spiro atoms. The molecule has 0 bridgehead atoms. The second-order valence-electron chi connectivity index (χ2n) is 6.48. The molecule has 1 amide bonds. The zero-order chi connectivity index (χ0) is 18.4. The van der Waals surface area contributed by atoms with E-state index in [-0.39, 0.29) is 42.1 Å². The second-order valence-corrected chi connectivity index (χ2v) is 6.48. The summed E-state index contributed by atoms with van der Waals surface area (Å²) in [5, 5.41) is 5.91. The molecule has 26 heavy (non-hydrogen) atoms. The zero-order valence-electron chi connectivity index (χ0n) is 15.0. The van der Waals surface area contributed by atoms with Crippen LogP contribution in [0, 0.1) is 11.8 Å². The highest BCUT2D eigenvalue weighted by molar-refractivity contribution is 5.92. The number of ether oxygens (including phenoxy) is 1. The van der Waals surface area contributed by atoms with Gasteiger partial charge in [0.15, 0.2) is 0 Å². The number of halogens is 4. The Balaban J connectivity index is 0.00000338. The standard InChI is InChI=1S/C18H25F3N2O2.ClH/c1-3-25-16-7-6-14(18(19,20)21)10-15(16)23-17(24)9-12(2)13-5-4-8-22-11-13;/h6-7,10,12-13,22H,3-5,8-9,11H2,1-2H3,(H,23,24);1H. The molecule has 0 saturated carbocycles. The van der Waals surface area contributed by atoms with Crippen molar-refractivity contribution in [3.63, 3.8) is 0 Å². The highest BCUT2D eigenvalue weighted by atomic mass is 35.5. The topological polar surface area (TPSA) is 50.4 Å². The Labute approximate surface area is 158 Å². The summed E-state index contributed by atoms with van der Waals surface area (Å²) >= 11 is 0. The van der Waals surface area contributed by atoms with Crippen molar-refractivity contribution in [1.29, 1.82) is 0 Å². The van der Waals surface area contributed by atoms with Crippen molar-refractivity contribution in [2.75, 3.05) is 25.0 Å². The molecule has 2 unspecified atom stereocenters. The molecule has 2 atom stereocenters. The van der Waals surface area contributed by atoms with Crippen LogP contribution in [0.1, 0.15) is 38.7 Å². The van der Waals surface area contributed by atoms with Crippen LogP contribution in [0.2, 0.25) is 0 Å². The lowest BCUT2D eigenvalue weighted by Gasteiger charge is -2.28. The lowest BCUT2D eigenvalue weighted by molar-refractivity contribution is -0.137. The maximum Gasteiger partial charge on any atom is 0.416 e. The van der Waals surface area contributed by atoms with E-state index in [9.17, 15) is 18.0 Å². The smallest absolute Gasteiger partial charge is 0.416 e. The Morgan fingerprint density at radius 2 is 2.15 bits per heavy atom. The number of rotatable bonds is 6. The van der Waals surface area contributed by atoms with Crippen LogP contribution in [0.5, 0.6) is 5.75 Å². The van der Waals surface area contributed by atoms with Gasteiger partial charge in [-0.1, -0.05) is 6.92 Å². The van der Waals surface area contributed by atoms with Crippen molar-refractivity contribution in [3.8, 4) is 5.75 Å². The van der Waals surface area contributed by atoms with Gasteiger partial charge in [-0.05, 0) is 62.9 Å². The summed E-state index contributed by atoms with van der Waals surface area (Å²) in [5.74, 6) is 0.524. The molecule has 0 aromatic heterocycles. The minimum absolute atomic E-state index is 0. The van der Waals surface area contributed by atoms with Crippen LogP contribution >= 0.6 is 12.4 Å². The van der Waals surface area contributed by atoms with Crippen LogP contribution in [-0.4, -0.2) is 25.6 Å². The molecule has 1 aromatic carbocycles. The van der Waals surface area contributed by atoms with E-state index < -0.39 is 11.7 Å². The van der Waals surface area contributed by atoms with E-state index in [1.54, 1.807) is 6.92 Å². The molecule has 4 nitrogen and oxygen atoms in total. The third kappa shape index (κ3) is 6.36. The lowest BCUT2D eigenvalue weighted by Crippen LogP contribution is -2.34. The molecule has 1 saturated heterocycles. The first-order chi connectivity index (χ1) is 11.8. The first-order valence-corrected chi connectivity index (χ1v) is 8.66. The summed E-state index contributed by atoms with van der Waals surface area (Å²) in [6.45, 7) is 5.92. The molecule has 8 heteroatoms. The van der Waals surface area contributed by atoms with Crippen LogP contribution in [0.25, 0.3) is 0 Å². The summed E-state index contributed by atoms with van der Waals surface area (Å²) < 4.78 is 44.1. The summed E-state index contributed by atoms with van der Waals surface area (Å²) in [7, 11) is 0. The number of piperidine rings is 1. The highest BCUT2D eigenvalue weighted by Gasteiger charge is 2.31. The first-order valence-electron chi connectivity index (χ1n) is 8.66. The zero-order valence-corrected chi connectivity index (χ0v) is 15.8. The van der Waals surface area contributed by atoms with Crippen molar-refractivity contribution < 1.29 is 22.7 Å². The van der Waals surface area contributed by atoms with Gasteiger partial charge < -0.3 is 15.4 Å². The van der Waals surface area contributed by atoms with Crippen molar-refractivity contribution in [2.24, 2.45) is 11.8 Å². The summed E-state index contributed by atoms with van der Waals surface area (Å²) in [4.78, 5) is 12.3. The summed E-state index contributed by atoms with van der Waals surface area (Å²) in [5.41, 5.74) is -0.744. The van der Waals surface area contributed by atoms with Gasteiger partial charge in [0.2, 0.25) is 5.91 Å². The number of hydrogen-bond acceptors (Lipinski definition) is 3. The van der Waals surface area contributed by atoms with Crippen LogP contribution in [0.15, 0.2) is 18.2 Å². The number of benzene rings is 1. The van der Waals surface area contributed by atoms with Crippen molar-refractivity contribution >= 4 is 24.0 Å².